The van der Waals surface area contributed by atoms with Crippen LogP contribution in [0.5, 0.6) is 5.75 Å². The van der Waals surface area contributed by atoms with Crippen molar-refractivity contribution in [2.75, 3.05) is 11.9 Å². The fourth-order valence-corrected chi connectivity index (χ4v) is 2.11. The Bertz CT molecular complexity index is 660. The van der Waals surface area contributed by atoms with Crippen LogP contribution in [0.1, 0.15) is 43.6 Å². The number of benzene rings is 1. The van der Waals surface area contributed by atoms with Crippen molar-refractivity contribution >= 4 is 11.6 Å². The molecule has 0 spiro atoms. The zero-order chi connectivity index (χ0) is 16.2. The van der Waals surface area contributed by atoms with Gasteiger partial charge in [0.2, 0.25) is 0 Å². The number of nitrogens with zero attached hydrogens (tertiary/aromatic N) is 1. The smallest absolute Gasteiger partial charge is 0.196 e. The minimum Gasteiger partial charge on any atom is -0.488 e. The first-order chi connectivity index (χ1) is 10.4. The number of anilines is 1. The molecule has 0 aliphatic carbocycles. The van der Waals surface area contributed by atoms with Gasteiger partial charge in [-0.3, -0.25) is 4.79 Å². The Balaban J connectivity index is 2.32. The Morgan fingerprint density at radius 1 is 1.23 bits per heavy atom. The first-order valence-corrected chi connectivity index (χ1v) is 7.43. The minimum atomic E-state index is -0.301. The van der Waals surface area contributed by atoms with Gasteiger partial charge in [-0.2, -0.15) is 0 Å². The summed E-state index contributed by atoms with van der Waals surface area (Å²) in [5.74, 6) is 1.23. The number of hydrogen-bond acceptors (Lipinski definition) is 4. The maximum Gasteiger partial charge on any atom is 0.196 e. The molecule has 0 atom stereocenters. The van der Waals surface area contributed by atoms with E-state index in [4.69, 9.17) is 4.74 Å². The topological polar surface area (TPSA) is 51.2 Å². The highest BCUT2D eigenvalue weighted by molar-refractivity contribution is 6.12. The van der Waals surface area contributed by atoms with E-state index in [9.17, 15) is 4.79 Å². The molecule has 0 saturated carbocycles. The second kappa shape index (κ2) is 6.60. The van der Waals surface area contributed by atoms with E-state index in [1.807, 2.05) is 39.8 Å². The molecule has 4 heteroatoms. The lowest BCUT2D eigenvalue weighted by Gasteiger charge is -2.21. The number of hydrogen-bond donors (Lipinski definition) is 1. The van der Waals surface area contributed by atoms with Crippen LogP contribution in [0.15, 0.2) is 42.6 Å². The van der Waals surface area contributed by atoms with E-state index in [-0.39, 0.29) is 11.4 Å². The molecular formula is C18H22N2O2. The number of nitrogens with one attached hydrogen (secondary N) is 1. The quantitative estimate of drug-likeness (QED) is 0.850. The van der Waals surface area contributed by atoms with Crippen molar-refractivity contribution in [3.8, 4) is 5.75 Å². The molecule has 0 bridgehead atoms. The van der Waals surface area contributed by atoms with E-state index in [1.165, 1.54) is 0 Å². The molecule has 2 rings (SSSR count). The fraction of sp³-hybridized carbons (Fsp3) is 0.333. The van der Waals surface area contributed by atoms with Gasteiger partial charge in [0.1, 0.15) is 17.2 Å². The van der Waals surface area contributed by atoms with E-state index in [0.717, 1.165) is 0 Å². The molecule has 22 heavy (non-hydrogen) atoms. The van der Waals surface area contributed by atoms with Crippen LogP contribution in [-0.2, 0) is 0 Å². The largest absolute Gasteiger partial charge is 0.488 e. The van der Waals surface area contributed by atoms with Gasteiger partial charge in [-0.1, -0.05) is 12.1 Å². The van der Waals surface area contributed by atoms with Crippen LogP contribution in [-0.4, -0.2) is 22.9 Å². The summed E-state index contributed by atoms with van der Waals surface area (Å²) in [5.41, 5.74) is 0.858. The molecule has 2 aromatic rings. The molecule has 1 N–H and O–H groups in total. The Labute approximate surface area is 131 Å². The van der Waals surface area contributed by atoms with Crippen molar-refractivity contribution in [2.45, 2.75) is 33.3 Å². The number of ketones is 1. The van der Waals surface area contributed by atoms with Crippen molar-refractivity contribution in [1.82, 2.24) is 4.98 Å². The molecular weight excluding hydrogens is 276 g/mol. The number of rotatable bonds is 5. The molecule has 0 aliphatic rings. The van der Waals surface area contributed by atoms with Gasteiger partial charge in [-0.25, -0.2) is 4.98 Å². The van der Waals surface area contributed by atoms with Crippen molar-refractivity contribution in [2.24, 2.45) is 0 Å². The highest BCUT2D eigenvalue weighted by atomic mass is 16.5. The highest BCUT2D eigenvalue weighted by Gasteiger charge is 2.16. The van der Waals surface area contributed by atoms with Crippen LogP contribution < -0.4 is 10.1 Å². The van der Waals surface area contributed by atoms with Crippen LogP contribution in [0.4, 0.5) is 5.82 Å². The lowest BCUT2D eigenvalue weighted by atomic mass is 10.0. The fourth-order valence-electron chi connectivity index (χ4n) is 2.11. The predicted molar refractivity (Wildman–Crippen MR) is 88.7 cm³/mol. The van der Waals surface area contributed by atoms with Crippen molar-refractivity contribution in [3.05, 3.63) is 53.7 Å². The lowest BCUT2D eigenvalue weighted by Crippen LogP contribution is -2.23. The summed E-state index contributed by atoms with van der Waals surface area (Å²) in [7, 11) is 0. The monoisotopic (exact) mass is 298 g/mol. The van der Waals surface area contributed by atoms with Gasteiger partial charge in [0.25, 0.3) is 0 Å². The van der Waals surface area contributed by atoms with Crippen molar-refractivity contribution in [3.63, 3.8) is 0 Å². The molecule has 1 heterocycles. The number of aromatic nitrogens is 1. The highest BCUT2D eigenvalue weighted by Crippen LogP contribution is 2.22. The van der Waals surface area contributed by atoms with Crippen LogP contribution >= 0.6 is 0 Å². The molecule has 1 aromatic carbocycles. The van der Waals surface area contributed by atoms with E-state index < -0.39 is 0 Å². The second-order valence-electron chi connectivity index (χ2n) is 6.00. The SMILES string of the molecule is CCNc1ncccc1C(=O)c1cccc(OC(C)(C)C)c1. The summed E-state index contributed by atoms with van der Waals surface area (Å²) >= 11 is 0. The summed E-state index contributed by atoms with van der Waals surface area (Å²) in [6.45, 7) is 8.62. The minimum absolute atomic E-state index is 0.0663. The first-order valence-electron chi connectivity index (χ1n) is 7.43. The standard InChI is InChI=1S/C18H22N2O2/c1-5-19-17-15(10-7-11-20-17)16(21)13-8-6-9-14(12-13)22-18(2,3)4/h6-12H,5H2,1-4H3,(H,19,20). The molecule has 0 radical (unpaired) electrons. The summed E-state index contributed by atoms with van der Waals surface area (Å²) < 4.78 is 5.82. The number of ether oxygens (including phenoxy) is 1. The van der Waals surface area contributed by atoms with E-state index in [2.05, 4.69) is 10.3 Å². The molecule has 0 amide bonds. The number of carbonyl (C=O) groups is 1. The lowest BCUT2D eigenvalue weighted by molar-refractivity contribution is 0.103. The third-order valence-electron chi connectivity index (χ3n) is 2.92. The van der Waals surface area contributed by atoms with Crippen LogP contribution in [0.25, 0.3) is 0 Å². The Kier molecular flexibility index (Phi) is 4.81. The molecule has 4 nitrogen and oxygen atoms in total. The van der Waals surface area contributed by atoms with Gasteiger partial charge >= 0.3 is 0 Å². The molecule has 0 fully saturated rings. The average molecular weight is 298 g/mol. The molecule has 0 aliphatic heterocycles. The number of pyridine rings is 1. The van der Waals surface area contributed by atoms with Crippen molar-refractivity contribution < 1.29 is 9.53 Å². The predicted octanol–water partition coefficient (Wildman–Crippen LogP) is 3.92. The summed E-state index contributed by atoms with van der Waals surface area (Å²) in [6.07, 6.45) is 1.67. The third-order valence-corrected chi connectivity index (χ3v) is 2.92. The molecule has 116 valence electrons. The maximum atomic E-state index is 12.7. The van der Waals surface area contributed by atoms with Crippen LogP contribution in [0.3, 0.4) is 0 Å². The van der Waals surface area contributed by atoms with E-state index >= 15 is 0 Å². The third kappa shape index (κ3) is 4.07. The van der Waals surface area contributed by atoms with Gasteiger partial charge in [-0.15, -0.1) is 0 Å². The van der Waals surface area contributed by atoms with Crippen LogP contribution in [0, 0.1) is 0 Å². The van der Waals surface area contributed by atoms with E-state index in [1.54, 1.807) is 30.5 Å². The zero-order valence-corrected chi connectivity index (χ0v) is 13.5. The normalized spacial score (nSPS) is 11.1. The van der Waals surface area contributed by atoms with E-state index in [0.29, 0.717) is 29.2 Å². The summed E-state index contributed by atoms with van der Waals surface area (Å²) in [4.78, 5) is 17.0. The summed E-state index contributed by atoms with van der Waals surface area (Å²) in [6, 6.07) is 10.8. The average Bonchev–Trinajstić information content (AvgIpc) is 2.46. The van der Waals surface area contributed by atoms with Gasteiger partial charge in [0.05, 0.1) is 5.56 Å². The van der Waals surface area contributed by atoms with Gasteiger partial charge < -0.3 is 10.1 Å². The first kappa shape index (κ1) is 16.0. The van der Waals surface area contributed by atoms with Gasteiger partial charge in [0, 0.05) is 18.3 Å². The van der Waals surface area contributed by atoms with Gasteiger partial charge in [-0.05, 0) is 52.0 Å². The Hall–Kier alpha value is -2.36. The molecule has 0 saturated heterocycles. The molecule has 0 unspecified atom stereocenters. The Morgan fingerprint density at radius 3 is 2.68 bits per heavy atom. The second-order valence-corrected chi connectivity index (χ2v) is 6.00. The molecule has 1 aromatic heterocycles. The van der Waals surface area contributed by atoms with Crippen molar-refractivity contribution in [1.29, 1.82) is 0 Å². The zero-order valence-electron chi connectivity index (χ0n) is 13.5. The van der Waals surface area contributed by atoms with Crippen LogP contribution in [0.2, 0.25) is 0 Å². The summed E-state index contributed by atoms with van der Waals surface area (Å²) in [5, 5.41) is 3.12. The van der Waals surface area contributed by atoms with Gasteiger partial charge in [0.15, 0.2) is 5.78 Å². The Morgan fingerprint density at radius 2 is 2.00 bits per heavy atom. The maximum absolute atomic E-state index is 12.7. The number of carbonyl (C=O) groups excluding carboxylic acids is 1.